The van der Waals surface area contributed by atoms with E-state index < -0.39 is 0 Å². The highest BCUT2D eigenvalue weighted by molar-refractivity contribution is 6.01. The van der Waals surface area contributed by atoms with Crippen LogP contribution in [0, 0.1) is 6.92 Å². The second-order valence-electron chi connectivity index (χ2n) is 6.77. The third kappa shape index (κ3) is 3.64. The number of ether oxygens (including phenoxy) is 1. The SMILES string of the molecule is Cc1c(C(=O)NC[C@H]2CCCO2)c(-c2ccccc2)nn1-c1ccccc1. The molecule has 1 N–H and O–H groups in total. The summed E-state index contributed by atoms with van der Waals surface area (Å²) < 4.78 is 7.46. The molecule has 4 rings (SSSR count). The Balaban J connectivity index is 1.71. The quantitative estimate of drug-likeness (QED) is 0.753. The van der Waals surface area contributed by atoms with Crippen molar-refractivity contribution in [2.45, 2.75) is 25.9 Å². The van der Waals surface area contributed by atoms with Gasteiger partial charge in [0.05, 0.1) is 23.0 Å². The van der Waals surface area contributed by atoms with E-state index >= 15 is 0 Å². The van der Waals surface area contributed by atoms with Gasteiger partial charge in [0, 0.05) is 18.7 Å². The van der Waals surface area contributed by atoms with Crippen LogP contribution in [0.3, 0.4) is 0 Å². The van der Waals surface area contributed by atoms with Gasteiger partial charge in [-0.1, -0.05) is 48.5 Å². The average Bonchev–Trinajstić information content (AvgIpc) is 3.35. The molecule has 1 fully saturated rings. The van der Waals surface area contributed by atoms with Gasteiger partial charge in [-0.3, -0.25) is 4.79 Å². The van der Waals surface area contributed by atoms with E-state index in [0.717, 1.165) is 36.4 Å². The van der Waals surface area contributed by atoms with Crippen LogP contribution in [-0.2, 0) is 4.74 Å². The number of hydrogen-bond donors (Lipinski definition) is 1. The van der Waals surface area contributed by atoms with E-state index in [4.69, 9.17) is 9.84 Å². The van der Waals surface area contributed by atoms with Crippen LogP contribution in [0.25, 0.3) is 16.9 Å². The van der Waals surface area contributed by atoms with Crippen molar-refractivity contribution in [1.29, 1.82) is 0 Å². The second-order valence-corrected chi connectivity index (χ2v) is 6.77. The molecule has 2 aromatic carbocycles. The highest BCUT2D eigenvalue weighted by Crippen LogP contribution is 2.27. The van der Waals surface area contributed by atoms with E-state index in [1.165, 1.54) is 0 Å². The van der Waals surface area contributed by atoms with Crippen molar-refractivity contribution in [3.63, 3.8) is 0 Å². The minimum Gasteiger partial charge on any atom is -0.376 e. The number of nitrogens with zero attached hydrogens (tertiary/aromatic N) is 2. The minimum atomic E-state index is -0.107. The number of amides is 1. The molecule has 2 heterocycles. The summed E-state index contributed by atoms with van der Waals surface area (Å²) in [5.74, 6) is -0.107. The molecule has 3 aromatic rings. The number of para-hydroxylation sites is 1. The third-order valence-corrected chi connectivity index (χ3v) is 4.91. The van der Waals surface area contributed by atoms with E-state index in [0.29, 0.717) is 17.8 Å². The van der Waals surface area contributed by atoms with Crippen LogP contribution < -0.4 is 5.32 Å². The Morgan fingerprint density at radius 2 is 1.85 bits per heavy atom. The summed E-state index contributed by atoms with van der Waals surface area (Å²) in [7, 11) is 0. The molecule has 0 radical (unpaired) electrons. The summed E-state index contributed by atoms with van der Waals surface area (Å²) in [6, 6.07) is 19.7. The summed E-state index contributed by atoms with van der Waals surface area (Å²) in [5.41, 5.74) is 4.00. The van der Waals surface area contributed by atoms with Gasteiger partial charge in [0.15, 0.2) is 0 Å². The van der Waals surface area contributed by atoms with Gasteiger partial charge < -0.3 is 10.1 Å². The Bertz CT molecular complexity index is 913. The van der Waals surface area contributed by atoms with Crippen LogP contribution in [0.4, 0.5) is 0 Å². The number of rotatable bonds is 5. The van der Waals surface area contributed by atoms with Crippen molar-refractivity contribution >= 4 is 5.91 Å². The lowest BCUT2D eigenvalue weighted by molar-refractivity contribution is 0.0857. The molecular formula is C22H23N3O2. The Kier molecular flexibility index (Phi) is 5.03. The molecule has 1 aromatic heterocycles. The smallest absolute Gasteiger partial charge is 0.255 e. The third-order valence-electron chi connectivity index (χ3n) is 4.91. The van der Waals surface area contributed by atoms with Crippen molar-refractivity contribution in [3.8, 4) is 16.9 Å². The average molecular weight is 361 g/mol. The van der Waals surface area contributed by atoms with Gasteiger partial charge in [-0.25, -0.2) is 4.68 Å². The zero-order valence-electron chi connectivity index (χ0n) is 15.4. The Hall–Kier alpha value is -2.92. The van der Waals surface area contributed by atoms with Crippen LogP contribution in [0.5, 0.6) is 0 Å². The second kappa shape index (κ2) is 7.76. The van der Waals surface area contributed by atoms with Gasteiger partial charge in [-0.2, -0.15) is 5.10 Å². The van der Waals surface area contributed by atoms with Crippen LogP contribution in [0.1, 0.15) is 28.9 Å². The molecule has 0 aliphatic carbocycles. The standard InChI is InChI=1S/C22H23N3O2/c1-16-20(22(26)23-15-19-13-8-14-27-19)21(17-9-4-2-5-10-17)24-25(16)18-11-6-3-7-12-18/h2-7,9-12,19H,8,13-15H2,1H3,(H,23,26)/t19-/m1/s1. The predicted octanol–water partition coefficient (Wildman–Crippen LogP) is 3.76. The monoisotopic (exact) mass is 361 g/mol. The largest absolute Gasteiger partial charge is 0.376 e. The number of carbonyl (C=O) groups is 1. The molecule has 0 saturated carbocycles. The molecule has 1 amide bonds. The topological polar surface area (TPSA) is 56.1 Å². The summed E-state index contributed by atoms with van der Waals surface area (Å²) in [5, 5.41) is 7.82. The van der Waals surface area contributed by atoms with Gasteiger partial charge in [0.1, 0.15) is 5.69 Å². The molecular weight excluding hydrogens is 338 g/mol. The van der Waals surface area contributed by atoms with E-state index in [1.54, 1.807) is 0 Å². The maximum Gasteiger partial charge on any atom is 0.255 e. The van der Waals surface area contributed by atoms with Crippen molar-refractivity contribution < 1.29 is 9.53 Å². The van der Waals surface area contributed by atoms with E-state index in [-0.39, 0.29) is 12.0 Å². The van der Waals surface area contributed by atoms with E-state index in [9.17, 15) is 4.79 Å². The Morgan fingerprint density at radius 3 is 2.52 bits per heavy atom. The van der Waals surface area contributed by atoms with Crippen molar-refractivity contribution in [3.05, 3.63) is 71.9 Å². The van der Waals surface area contributed by atoms with Gasteiger partial charge in [-0.05, 0) is 31.9 Å². The first-order chi connectivity index (χ1) is 13.2. The lowest BCUT2D eigenvalue weighted by atomic mass is 10.1. The van der Waals surface area contributed by atoms with Crippen molar-refractivity contribution in [1.82, 2.24) is 15.1 Å². The fourth-order valence-corrected chi connectivity index (χ4v) is 3.49. The van der Waals surface area contributed by atoms with Crippen LogP contribution in [0.15, 0.2) is 60.7 Å². The minimum absolute atomic E-state index is 0.107. The van der Waals surface area contributed by atoms with E-state index in [2.05, 4.69) is 5.32 Å². The fraction of sp³-hybridized carbons (Fsp3) is 0.273. The molecule has 1 atom stereocenters. The Labute approximate surface area is 159 Å². The fourth-order valence-electron chi connectivity index (χ4n) is 3.49. The van der Waals surface area contributed by atoms with E-state index in [1.807, 2.05) is 72.3 Å². The Morgan fingerprint density at radius 1 is 1.15 bits per heavy atom. The summed E-state index contributed by atoms with van der Waals surface area (Å²) >= 11 is 0. The highest BCUT2D eigenvalue weighted by atomic mass is 16.5. The lowest BCUT2D eigenvalue weighted by Gasteiger charge is -2.11. The zero-order valence-corrected chi connectivity index (χ0v) is 15.4. The number of aromatic nitrogens is 2. The first-order valence-electron chi connectivity index (χ1n) is 9.34. The first-order valence-corrected chi connectivity index (χ1v) is 9.34. The normalized spacial score (nSPS) is 16.4. The molecule has 0 spiro atoms. The molecule has 0 bridgehead atoms. The molecule has 1 aliphatic rings. The highest BCUT2D eigenvalue weighted by Gasteiger charge is 2.24. The molecule has 1 aliphatic heterocycles. The van der Waals surface area contributed by atoms with Gasteiger partial charge in [-0.15, -0.1) is 0 Å². The van der Waals surface area contributed by atoms with Gasteiger partial charge >= 0.3 is 0 Å². The first kappa shape index (κ1) is 17.5. The molecule has 0 unspecified atom stereocenters. The molecule has 138 valence electrons. The van der Waals surface area contributed by atoms with Crippen LogP contribution in [0.2, 0.25) is 0 Å². The zero-order chi connectivity index (χ0) is 18.6. The number of hydrogen-bond acceptors (Lipinski definition) is 3. The predicted molar refractivity (Wildman–Crippen MR) is 105 cm³/mol. The molecule has 27 heavy (non-hydrogen) atoms. The molecule has 5 nitrogen and oxygen atoms in total. The maximum atomic E-state index is 13.0. The van der Waals surface area contributed by atoms with Crippen molar-refractivity contribution in [2.24, 2.45) is 0 Å². The van der Waals surface area contributed by atoms with Gasteiger partial charge in [0.25, 0.3) is 5.91 Å². The van der Waals surface area contributed by atoms with Crippen molar-refractivity contribution in [2.75, 3.05) is 13.2 Å². The maximum absolute atomic E-state index is 13.0. The van der Waals surface area contributed by atoms with Gasteiger partial charge in [0.2, 0.25) is 0 Å². The molecule has 1 saturated heterocycles. The van der Waals surface area contributed by atoms with Crippen LogP contribution in [-0.4, -0.2) is 34.9 Å². The lowest BCUT2D eigenvalue weighted by Crippen LogP contribution is -2.32. The number of benzene rings is 2. The number of carbonyl (C=O) groups excluding carboxylic acids is 1. The summed E-state index contributed by atoms with van der Waals surface area (Å²) in [6.45, 7) is 3.25. The summed E-state index contributed by atoms with van der Waals surface area (Å²) in [4.78, 5) is 13.0. The van der Waals surface area contributed by atoms with Crippen LogP contribution >= 0.6 is 0 Å². The number of nitrogens with one attached hydrogen (secondary N) is 1. The summed E-state index contributed by atoms with van der Waals surface area (Å²) in [6.07, 6.45) is 2.16. The molecule has 5 heteroatoms.